The molecule has 5 heteroatoms. The van der Waals surface area contributed by atoms with Gasteiger partial charge in [-0.2, -0.15) is 0 Å². The zero-order valence-electron chi connectivity index (χ0n) is 12.0. The van der Waals surface area contributed by atoms with Crippen LogP contribution in [0.25, 0.3) is 0 Å². The van der Waals surface area contributed by atoms with Crippen LogP contribution < -0.4 is 9.64 Å². The Morgan fingerprint density at radius 2 is 2.00 bits per heavy atom. The fourth-order valence-corrected chi connectivity index (χ4v) is 3.66. The Bertz CT molecular complexity index is 753. The molecule has 1 amide bonds. The molecule has 0 N–H and O–H groups in total. The van der Waals surface area contributed by atoms with E-state index in [0.717, 1.165) is 27.0 Å². The zero-order chi connectivity index (χ0) is 15.3. The van der Waals surface area contributed by atoms with Gasteiger partial charge in [-0.3, -0.25) is 4.79 Å². The van der Waals surface area contributed by atoms with Crippen LogP contribution in [0, 0.1) is 0 Å². The molecule has 1 atom stereocenters. The average molecular weight is 360 g/mol. The van der Waals surface area contributed by atoms with Crippen molar-refractivity contribution in [1.82, 2.24) is 0 Å². The van der Waals surface area contributed by atoms with Crippen molar-refractivity contribution in [1.29, 1.82) is 0 Å². The topological polar surface area (TPSA) is 42.1 Å². The monoisotopic (exact) mass is 359 g/mol. The van der Waals surface area contributed by atoms with Gasteiger partial charge in [0.1, 0.15) is 5.75 Å². The lowest BCUT2D eigenvalue weighted by Crippen LogP contribution is -2.32. The summed E-state index contributed by atoms with van der Waals surface area (Å²) < 4.78 is 11.6. The van der Waals surface area contributed by atoms with Gasteiger partial charge < -0.3 is 14.4 Å². The van der Waals surface area contributed by atoms with Crippen molar-refractivity contribution < 1.29 is 14.3 Å². The summed E-state index contributed by atoms with van der Waals surface area (Å²) in [5.41, 5.74) is 2.17. The first kappa shape index (κ1) is 13.8. The molecule has 0 saturated carbocycles. The van der Waals surface area contributed by atoms with Crippen LogP contribution in [0.3, 0.4) is 0 Å². The largest absolute Gasteiger partial charge is 0.497 e. The van der Waals surface area contributed by atoms with Gasteiger partial charge in [-0.05, 0) is 29.8 Å². The van der Waals surface area contributed by atoms with E-state index >= 15 is 0 Å². The summed E-state index contributed by atoms with van der Waals surface area (Å²) in [6, 6.07) is 13.6. The molecule has 2 heterocycles. The number of rotatable bonds is 3. The lowest BCUT2D eigenvalue weighted by atomic mass is 10.0. The Hall–Kier alpha value is -1.85. The molecular formula is C17H14BrNO3. The highest BCUT2D eigenvalue weighted by Crippen LogP contribution is 2.53. The number of epoxide rings is 1. The molecule has 2 aromatic carbocycles. The van der Waals surface area contributed by atoms with Gasteiger partial charge >= 0.3 is 0 Å². The third-order valence-corrected chi connectivity index (χ3v) is 4.87. The minimum Gasteiger partial charge on any atom is -0.497 e. The standard InChI is InChI=1S/C17H14BrNO3/c1-21-12-7-5-11(6-8-12)9-19-14-4-2-3-13(18)15(14)17(10-22-17)16(19)20/h2-8H,9-10H2,1H3. The number of benzene rings is 2. The van der Waals surface area contributed by atoms with E-state index in [4.69, 9.17) is 9.47 Å². The highest BCUT2D eigenvalue weighted by atomic mass is 79.9. The van der Waals surface area contributed by atoms with Crippen LogP contribution in [0.2, 0.25) is 0 Å². The Kier molecular flexibility index (Phi) is 3.03. The van der Waals surface area contributed by atoms with Crippen LogP contribution >= 0.6 is 15.9 Å². The maximum absolute atomic E-state index is 12.8. The zero-order valence-corrected chi connectivity index (χ0v) is 13.6. The van der Waals surface area contributed by atoms with Gasteiger partial charge in [0.2, 0.25) is 0 Å². The number of carbonyl (C=O) groups is 1. The Morgan fingerprint density at radius 1 is 1.27 bits per heavy atom. The molecule has 0 bridgehead atoms. The van der Waals surface area contributed by atoms with E-state index in [-0.39, 0.29) is 5.91 Å². The molecule has 0 aromatic heterocycles. The molecule has 1 fully saturated rings. The summed E-state index contributed by atoms with van der Waals surface area (Å²) in [6.07, 6.45) is 0. The Balaban J connectivity index is 1.71. The molecule has 1 spiro atoms. The van der Waals surface area contributed by atoms with Crippen molar-refractivity contribution in [3.63, 3.8) is 0 Å². The SMILES string of the molecule is COc1ccc(CN2C(=O)C3(CO3)c3c(Br)cccc32)cc1. The second-order valence-corrected chi connectivity index (χ2v) is 6.34. The Morgan fingerprint density at radius 3 is 2.64 bits per heavy atom. The normalized spacial score (nSPS) is 22.1. The third-order valence-electron chi connectivity index (χ3n) is 4.21. The molecule has 0 aliphatic carbocycles. The second kappa shape index (κ2) is 4.83. The summed E-state index contributed by atoms with van der Waals surface area (Å²) in [5, 5.41) is 0. The summed E-state index contributed by atoms with van der Waals surface area (Å²) in [6.45, 7) is 0.984. The number of carbonyl (C=O) groups excluding carboxylic acids is 1. The van der Waals surface area contributed by atoms with Gasteiger partial charge in [0.05, 0.1) is 25.9 Å². The van der Waals surface area contributed by atoms with Gasteiger partial charge in [0, 0.05) is 10.0 Å². The lowest BCUT2D eigenvalue weighted by molar-refractivity contribution is -0.123. The molecule has 2 aliphatic rings. The number of hydrogen-bond acceptors (Lipinski definition) is 3. The summed E-state index contributed by atoms with van der Waals surface area (Å²) in [7, 11) is 1.64. The number of amides is 1. The maximum atomic E-state index is 12.8. The van der Waals surface area contributed by atoms with Crippen LogP contribution in [0.15, 0.2) is 46.9 Å². The molecular weight excluding hydrogens is 346 g/mol. The maximum Gasteiger partial charge on any atom is 0.266 e. The predicted octanol–water partition coefficient (Wildman–Crippen LogP) is 3.23. The van der Waals surface area contributed by atoms with Gasteiger partial charge in [-0.1, -0.05) is 34.1 Å². The number of nitrogens with zero attached hydrogens (tertiary/aromatic N) is 1. The van der Waals surface area contributed by atoms with Crippen LogP contribution in [0.1, 0.15) is 11.1 Å². The van der Waals surface area contributed by atoms with Crippen LogP contribution in [-0.2, 0) is 21.7 Å². The van der Waals surface area contributed by atoms with E-state index in [0.29, 0.717) is 13.2 Å². The second-order valence-electron chi connectivity index (χ2n) is 5.49. The summed E-state index contributed by atoms with van der Waals surface area (Å²) in [4.78, 5) is 14.6. The van der Waals surface area contributed by atoms with Gasteiger partial charge in [-0.25, -0.2) is 0 Å². The first-order valence-corrected chi connectivity index (χ1v) is 7.83. The van der Waals surface area contributed by atoms with E-state index in [1.807, 2.05) is 42.5 Å². The Labute approximate surface area is 136 Å². The van der Waals surface area contributed by atoms with Crippen molar-refractivity contribution in [3.8, 4) is 5.75 Å². The minimum atomic E-state index is -0.762. The van der Waals surface area contributed by atoms with E-state index in [1.165, 1.54) is 0 Å². The highest BCUT2D eigenvalue weighted by Gasteiger charge is 2.62. The number of halogens is 1. The van der Waals surface area contributed by atoms with Crippen LogP contribution in [0.5, 0.6) is 5.75 Å². The van der Waals surface area contributed by atoms with Crippen LogP contribution in [0.4, 0.5) is 5.69 Å². The predicted molar refractivity (Wildman–Crippen MR) is 86.0 cm³/mol. The number of fused-ring (bicyclic) bond motifs is 2. The molecule has 1 saturated heterocycles. The lowest BCUT2D eigenvalue weighted by Gasteiger charge is -2.17. The van der Waals surface area contributed by atoms with Gasteiger partial charge in [0.25, 0.3) is 5.91 Å². The third kappa shape index (κ3) is 1.89. The molecule has 22 heavy (non-hydrogen) atoms. The van der Waals surface area contributed by atoms with Crippen molar-refractivity contribution in [2.75, 3.05) is 18.6 Å². The van der Waals surface area contributed by atoms with Crippen molar-refractivity contribution in [3.05, 3.63) is 58.1 Å². The molecule has 0 radical (unpaired) electrons. The van der Waals surface area contributed by atoms with Crippen molar-refractivity contribution in [2.45, 2.75) is 12.1 Å². The number of methoxy groups -OCH3 is 1. The molecule has 2 aromatic rings. The fourth-order valence-electron chi connectivity index (χ4n) is 2.98. The molecule has 112 valence electrons. The van der Waals surface area contributed by atoms with Gasteiger partial charge in [-0.15, -0.1) is 0 Å². The highest BCUT2D eigenvalue weighted by molar-refractivity contribution is 9.10. The van der Waals surface area contributed by atoms with Gasteiger partial charge in [0.15, 0.2) is 5.60 Å². The number of hydrogen-bond donors (Lipinski definition) is 0. The fraction of sp³-hybridized carbons (Fsp3) is 0.235. The van der Waals surface area contributed by atoms with E-state index in [1.54, 1.807) is 12.0 Å². The van der Waals surface area contributed by atoms with E-state index in [2.05, 4.69) is 15.9 Å². The average Bonchev–Trinajstić information content (AvgIpc) is 3.29. The summed E-state index contributed by atoms with van der Waals surface area (Å²) in [5.74, 6) is 0.826. The quantitative estimate of drug-likeness (QED) is 0.790. The molecule has 4 nitrogen and oxygen atoms in total. The minimum absolute atomic E-state index is 0.0187. The molecule has 1 unspecified atom stereocenters. The first-order chi connectivity index (χ1) is 10.7. The summed E-state index contributed by atoms with van der Waals surface area (Å²) >= 11 is 3.55. The number of anilines is 1. The molecule has 4 rings (SSSR count). The smallest absolute Gasteiger partial charge is 0.266 e. The van der Waals surface area contributed by atoms with Crippen molar-refractivity contribution >= 4 is 27.5 Å². The van der Waals surface area contributed by atoms with Crippen molar-refractivity contribution in [2.24, 2.45) is 0 Å². The van der Waals surface area contributed by atoms with E-state index < -0.39 is 5.60 Å². The number of ether oxygens (including phenoxy) is 2. The first-order valence-electron chi connectivity index (χ1n) is 7.03. The molecule has 2 aliphatic heterocycles. The van der Waals surface area contributed by atoms with Crippen LogP contribution in [-0.4, -0.2) is 19.6 Å². The van der Waals surface area contributed by atoms with E-state index in [9.17, 15) is 4.79 Å².